The number of aryl methyl sites for hydroxylation is 1. The van der Waals surface area contributed by atoms with Gasteiger partial charge in [0.05, 0.1) is 0 Å². The summed E-state index contributed by atoms with van der Waals surface area (Å²) in [7, 11) is 8.60. The monoisotopic (exact) mass is 298 g/mol. The third kappa shape index (κ3) is 4.31. The molecule has 2 unspecified atom stereocenters. The van der Waals surface area contributed by atoms with Crippen LogP contribution in [0.4, 0.5) is 0 Å². The topological polar surface area (TPSA) is 6.48 Å². The molecule has 0 aliphatic heterocycles. The van der Waals surface area contributed by atoms with Crippen molar-refractivity contribution in [2.75, 3.05) is 34.7 Å². The van der Waals surface area contributed by atoms with Crippen LogP contribution in [0, 0.1) is 0 Å². The molecule has 1 aliphatic rings. The van der Waals surface area contributed by atoms with E-state index in [9.17, 15) is 0 Å². The molecule has 2 nitrogen and oxygen atoms in total. The van der Waals surface area contributed by atoms with Crippen molar-refractivity contribution in [2.45, 2.75) is 31.7 Å². The maximum Gasteiger partial charge on any atom is 0.0250 e. The third-order valence-corrected chi connectivity index (χ3v) is 4.62. The lowest BCUT2D eigenvalue weighted by Gasteiger charge is -2.23. The Balaban J connectivity index is 2.14. The van der Waals surface area contributed by atoms with E-state index in [1.807, 2.05) is 0 Å². The second-order valence-electron chi connectivity index (χ2n) is 6.89. The standard InChI is InChI=1S/C20H30N2/c1-16(22(4)5)13-14-17-9-6-7-11-19(17)20-12-8-10-18(20)15-21(2)3/h6-12,16,20H,13-15H2,1-5H3. The summed E-state index contributed by atoms with van der Waals surface area (Å²) in [6, 6.07) is 9.57. The summed E-state index contributed by atoms with van der Waals surface area (Å²) in [6.07, 6.45) is 9.18. The van der Waals surface area contributed by atoms with Crippen molar-refractivity contribution in [3.05, 3.63) is 59.2 Å². The Hall–Kier alpha value is -1.38. The summed E-state index contributed by atoms with van der Waals surface area (Å²) in [5.41, 5.74) is 4.48. The zero-order valence-electron chi connectivity index (χ0n) is 14.7. The number of benzene rings is 1. The van der Waals surface area contributed by atoms with Crippen LogP contribution in [-0.4, -0.2) is 50.6 Å². The van der Waals surface area contributed by atoms with E-state index in [2.05, 4.69) is 87.4 Å². The number of allylic oxidation sites excluding steroid dienone is 3. The Bertz CT molecular complexity index is 540. The second kappa shape index (κ2) is 7.75. The van der Waals surface area contributed by atoms with E-state index in [1.165, 1.54) is 23.1 Å². The van der Waals surface area contributed by atoms with Crippen molar-refractivity contribution < 1.29 is 0 Å². The van der Waals surface area contributed by atoms with Crippen LogP contribution < -0.4 is 0 Å². The highest BCUT2D eigenvalue weighted by Gasteiger charge is 2.20. The van der Waals surface area contributed by atoms with Crippen LogP contribution in [0.1, 0.15) is 30.4 Å². The SMILES string of the molecule is CC(CCc1ccccc1C1C=CC=C1CN(C)C)N(C)C. The Morgan fingerprint density at radius 3 is 2.50 bits per heavy atom. The summed E-state index contributed by atoms with van der Waals surface area (Å²) in [4.78, 5) is 4.55. The number of hydrogen-bond acceptors (Lipinski definition) is 2. The Morgan fingerprint density at radius 1 is 1.09 bits per heavy atom. The van der Waals surface area contributed by atoms with Gasteiger partial charge in [-0.25, -0.2) is 0 Å². The van der Waals surface area contributed by atoms with Crippen molar-refractivity contribution in [3.63, 3.8) is 0 Å². The Labute approximate surface area is 136 Å². The maximum atomic E-state index is 2.34. The molecule has 1 aromatic carbocycles. The van der Waals surface area contributed by atoms with Gasteiger partial charge in [-0.3, -0.25) is 0 Å². The average molecular weight is 298 g/mol. The van der Waals surface area contributed by atoms with E-state index in [0.29, 0.717) is 12.0 Å². The summed E-state index contributed by atoms with van der Waals surface area (Å²) in [5, 5.41) is 0. The first-order valence-electron chi connectivity index (χ1n) is 8.25. The van der Waals surface area contributed by atoms with Crippen molar-refractivity contribution in [1.82, 2.24) is 9.80 Å². The molecule has 120 valence electrons. The number of rotatable bonds is 7. The van der Waals surface area contributed by atoms with Crippen LogP contribution in [0.15, 0.2) is 48.1 Å². The van der Waals surface area contributed by atoms with Gasteiger partial charge in [0.15, 0.2) is 0 Å². The van der Waals surface area contributed by atoms with Gasteiger partial charge in [0.1, 0.15) is 0 Å². The summed E-state index contributed by atoms with van der Waals surface area (Å²) in [5.74, 6) is 0.452. The van der Waals surface area contributed by atoms with Gasteiger partial charge in [-0.15, -0.1) is 0 Å². The molecule has 0 fully saturated rings. The minimum absolute atomic E-state index is 0.452. The van der Waals surface area contributed by atoms with Gasteiger partial charge in [-0.2, -0.15) is 0 Å². The largest absolute Gasteiger partial charge is 0.307 e. The fraction of sp³-hybridized carbons (Fsp3) is 0.500. The van der Waals surface area contributed by atoms with Gasteiger partial charge in [-0.05, 0) is 64.7 Å². The zero-order chi connectivity index (χ0) is 16.1. The highest BCUT2D eigenvalue weighted by Crippen LogP contribution is 2.33. The molecule has 0 heterocycles. The van der Waals surface area contributed by atoms with Gasteiger partial charge < -0.3 is 9.80 Å². The second-order valence-corrected chi connectivity index (χ2v) is 6.89. The first-order chi connectivity index (χ1) is 10.5. The molecule has 0 radical (unpaired) electrons. The fourth-order valence-electron chi connectivity index (χ4n) is 3.02. The molecule has 2 rings (SSSR count). The molecule has 0 amide bonds. The summed E-state index contributed by atoms with van der Waals surface area (Å²) < 4.78 is 0. The number of likely N-dealkylation sites (N-methyl/N-ethyl adjacent to an activating group) is 1. The zero-order valence-corrected chi connectivity index (χ0v) is 14.7. The van der Waals surface area contributed by atoms with Crippen LogP contribution >= 0.6 is 0 Å². The van der Waals surface area contributed by atoms with Gasteiger partial charge in [-0.1, -0.05) is 42.5 Å². The molecular weight excluding hydrogens is 268 g/mol. The van der Waals surface area contributed by atoms with Crippen molar-refractivity contribution in [1.29, 1.82) is 0 Å². The van der Waals surface area contributed by atoms with Crippen LogP contribution in [0.2, 0.25) is 0 Å². The lowest BCUT2D eigenvalue weighted by Crippen LogP contribution is -2.25. The average Bonchev–Trinajstić information content (AvgIpc) is 2.92. The van der Waals surface area contributed by atoms with E-state index in [-0.39, 0.29) is 0 Å². The van der Waals surface area contributed by atoms with Gasteiger partial charge in [0.25, 0.3) is 0 Å². The van der Waals surface area contributed by atoms with Crippen LogP contribution in [0.3, 0.4) is 0 Å². The van der Waals surface area contributed by atoms with Gasteiger partial charge >= 0.3 is 0 Å². The van der Waals surface area contributed by atoms with E-state index in [1.54, 1.807) is 0 Å². The molecule has 1 aliphatic carbocycles. The molecule has 0 saturated heterocycles. The van der Waals surface area contributed by atoms with Crippen molar-refractivity contribution in [3.8, 4) is 0 Å². The first kappa shape index (κ1) is 17.0. The highest BCUT2D eigenvalue weighted by atomic mass is 15.1. The normalized spacial score (nSPS) is 19.0. The quantitative estimate of drug-likeness (QED) is 0.757. The molecule has 1 aromatic rings. The number of nitrogens with zero attached hydrogens (tertiary/aromatic N) is 2. The molecule has 22 heavy (non-hydrogen) atoms. The maximum absolute atomic E-state index is 2.34. The van der Waals surface area contributed by atoms with Gasteiger partial charge in [0.2, 0.25) is 0 Å². The molecule has 0 aromatic heterocycles. The van der Waals surface area contributed by atoms with Crippen LogP contribution in [-0.2, 0) is 6.42 Å². The predicted octanol–water partition coefficient (Wildman–Crippen LogP) is 3.71. The lowest BCUT2D eigenvalue weighted by molar-refractivity contribution is 0.299. The fourth-order valence-corrected chi connectivity index (χ4v) is 3.02. The van der Waals surface area contributed by atoms with E-state index in [4.69, 9.17) is 0 Å². The molecule has 2 atom stereocenters. The highest BCUT2D eigenvalue weighted by molar-refractivity contribution is 5.45. The van der Waals surface area contributed by atoms with E-state index in [0.717, 1.165) is 13.0 Å². The molecule has 0 N–H and O–H groups in total. The molecule has 0 bridgehead atoms. The predicted molar refractivity (Wildman–Crippen MR) is 96.4 cm³/mol. The summed E-state index contributed by atoms with van der Waals surface area (Å²) >= 11 is 0. The smallest absolute Gasteiger partial charge is 0.0250 e. The van der Waals surface area contributed by atoms with Crippen molar-refractivity contribution in [2.24, 2.45) is 0 Å². The minimum Gasteiger partial charge on any atom is -0.307 e. The van der Waals surface area contributed by atoms with E-state index < -0.39 is 0 Å². The molecule has 0 spiro atoms. The minimum atomic E-state index is 0.452. The Kier molecular flexibility index (Phi) is 5.98. The first-order valence-corrected chi connectivity index (χ1v) is 8.25. The summed E-state index contributed by atoms with van der Waals surface area (Å²) in [6.45, 7) is 3.33. The van der Waals surface area contributed by atoms with Crippen molar-refractivity contribution >= 4 is 0 Å². The molecule has 0 saturated carbocycles. The third-order valence-electron chi connectivity index (χ3n) is 4.62. The number of hydrogen-bond donors (Lipinski definition) is 0. The molecular formula is C20H30N2. The Morgan fingerprint density at radius 2 is 1.82 bits per heavy atom. The lowest BCUT2D eigenvalue weighted by atomic mass is 9.88. The van der Waals surface area contributed by atoms with Crippen LogP contribution in [0.5, 0.6) is 0 Å². The van der Waals surface area contributed by atoms with E-state index >= 15 is 0 Å². The molecule has 2 heteroatoms. The van der Waals surface area contributed by atoms with Crippen LogP contribution in [0.25, 0.3) is 0 Å². The van der Waals surface area contributed by atoms with Gasteiger partial charge in [0, 0.05) is 18.5 Å².